The van der Waals surface area contributed by atoms with Gasteiger partial charge in [0.05, 0.1) is 4.92 Å². The number of nitrogens with one attached hydrogen (secondary N) is 1. The molecule has 0 unspecified atom stereocenters. The van der Waals surface area contributed by atoms with Crippen LogP contribution < -0.4 is 14.8 Å². The first kappa shape index (κ1) is 30.3. The number of carbonyl (C=O) groups is 2. The molecule has 0 spiro atoms. The Kier molecular flexibility index (Phi) is 12.7. The van der Waals surface area contributed by atoms with Gasteiger partial charge in [-0.3, -0.25) is 14.9 Å². The maximum absolute atomic E-state index is 13.1. The van der Waals surface area contributed by atoms with E-state index in [0.717, 1.165) is 30.4 Å². The Morgan fingerprint density at radius 2 is 1.43 bits per heavy atom. The number of esters is 1. The Bertz CT molecular complexity index is 1200. The Hall–Kier alpha value is -4.20. The van der Waals surface area contributed by atoms with E-state index in [1.165, 1.54) is 49.9 Å². The molecule has 0 bridgehead atoms. The van der Waals surface area contributed by atoms with Crippen LogP contribution in [0.1, 0.15) is 69.4 Å². The highest BCUT2D eigenvalue weighted by Crippen LogP contribution is 2.19. The Balaban J connectivity index is 1.59. The van der Waals surface area contributed by atoms with Crippen molar-refractivity contribution in [1.29, 1.82) is 0 Å². The van der Waals surface area contributed by atoms with E-state index in [9.17, 15) is 19.7 Å². The number of non-ortho nitro benzene ring substituents is 1. The number of nitrogens with zero attached hydrogens (tertiary/aromatic N) is 1. The van der Waals surface area contributed by atoms with Gasteiger partial charge >= 0.3 is 5.97 Å². The van der Waals surface area contributed by atoms with Gasteiger partial charge in [0.1, 0.15) is 24.1 Å². The van der Waals surface area contributed by atoms with Crippen molar-refractivity contribution in [2.24, 2.45) is 0 Å². The van der Waals surface area contributed by atoms with Gasteiger partial charge in [0.25, 0.3) is 5.69 Å². The molecule has 8 heteroatoms. The Labute approximate surface area is 235 Å². The van der Waals surface area contributed by atoms with E-state index in [1.807, 2.05) is 54.6 Å². The number of hydrogen-bond acceptors (Lipinski definition) is 6. The van der Waals surface area contributed by atoms with Crippen LogP contribution >= 0.6 is 0 Å². The summed E-state index contributed by atoms with van der Waals surface area (Å²) in [6, 6.07) is 21.6. The van der Waals surface area contributed by atoms with Crippen molar-refractivity contribution in [2.75, 3.05) is 0 Å². The molecule has 1 atom stereocenters. The zero-order valence-electron chi connectivity index (χ0n) is 23.1. The van der Waals surface area contributed by atoms with Crippen LogP contribution in [-0.2, 0) is 22.6 Å². The van der Waals surface area contributed by atoms with Crippen molar-refractivity contribution in [3.63, 3.8) is 0 Å². The van der Waals surface area contributed by atoms with E-state index in [-0.39, 0.29) is 23.8 Å². The van der Waals surface area contributed by atoms with Crippen LogP contribution in [0.4, 0.5) is 5.69 Å². The van der Waals surface area contributed by atoms with Crippen LogP contribution in [0.3, 0.4) is 0 Å². The Morgan fingerprint density at radius 1 is 0.800 bits per heavy atom. The second-order valence-electron chi connectivity index (χ2n) is 9.79. The van der Waals surface area contributed by atoms with E-state index < -0.39 is 16.9 Å². The average molecular weight is 547 g/mol. The lowest BCUT2D eigenvalue weighted by molar-refractivity contribution is -0.384. The normalized spacial score (nSPS) is 11.4. The highest BCUT2D eigenvalue weighted by Gasteiger charge is 2.24. The third-order valence-corrected chi connectivity index (χ3v) is 6.50. The summed E-state index contributed by atoms with van der Waals surface area (Å²) in [7, 11) is 0. The number of nitro groups is 1. The fourth-order valence-electron chi connectivity index (χ4n) is 4.22. The maximum atomic E-state index is 13.1. The number of unbranched alkanes of at least 4 members (excludes halogenated alkanes) is 6. The first-order chi connectivity index (χ1) is 19.4. The van der Waals surface area contributed by atoms with Crippen LogP contribution in [0, 0.1) is 10.1 Å². The standard InChI is InChI=1S/C32H38N2O6/c1-2-3-4-5-6-7-11-14-31(35)33-30(32(36)40-29-21-17-27(18-22-29)34(37)38)23-25-15-19-28(20-16-25)39-24-26-12-9-8-10-13-26/h8-10,12-13,15-22,30H,2-7,11,14,23-24H2,1H3,(H,33,35)/t30-/m0/s1. The van der Waals surface area contributed by atoms with Gasteiger partial charge in [-0.05, 0) is 41.8 Å². The summed E-state index contributed by atoms with van der Waals surface area (Å²) in [6.45, 7) is 2.63. The molecule has 0 radical (unpaired) electrons. The van der Waals surface area contributed by atoms with Crippen molar-refractivity contribution in [3.8, 4) is 11.5 Å². The molecule has 0 aliphatic rings. The molecule has 0 heterocycles. The van der Waals surface area contributed by atoms with Crippen molar-refractivity contribution in [1.82, 2.24) is 5.32 Å². The molecule has 0 saturated heterocycles. The molecule has 212 valence electrons. The Morgan fingerprint density at radius 3 is 2.08 bits per heavy atom. The third kappa shape index (κ3) is 10.9. The average Bonchev–Trinajstić information content (AvgIpc) is 2.96. The van der Waals surface area contributed by atoms with E-state index in [0.29, 0.717) is 18.8 Å². The summed E-state index contributed by atoms with van der Waals surface area (Å²) in [6.07, 6.45) is 8.21. The van der Waals surface area contributed by atoms with Gasteiger partial charge in [0.2, 0.25) is 5.91 Å². The SMILES string of the molecule is CCCCCCCCCC(=O)N[C@@H](Cc1ccc(OCc2ccccc2)cc1)C(=O)Oc1ccc([N+](=O)[O-])cc1. The maximum Gasteiger partial charge on any atom is 0.334 e. The van der Waals surface area contributed by atoms with Crippen LogP contribution in [0.25, 0.3) is 0 Å². The zero-order chi connectivity index (χ0) is 28.6. The van der Waals surface area contributed by atoms with Gasteiger partial charge < -0.3 is 14.8 Å². The van der Waals surface area contributed by atoms with Gasteiger partial charge in [-0.25, -0.2) is 4.79 Å². The predicted molar refractivity (Wildman–Crippen MR) is 154 cm³/mol. The number of benzene rings is 3. The number of amides is 1. The summed E-state index contributed by atoms with van der Waals surface area (Å²) in [5.74, 6) is 0.0281. The minimum Gasteiger partial charge on any atom is -0.489 e. The molecule has 0 aliphatic heterocycles. The molecular formula is C32H38N2O6. The summed E-state index contributed by atoms with van der Waals surface area (Å²) >= 11 is 0. The molecule has 0 saturated carbocycles. The summed E-state index contributed by atoms with van der Waals surface area (Å²) in [5.41, 5.74) is 1.78. The van der Waals surface area contributed by atoms with E-state index in [1.54, 1.807) is 0 Å². The number of hydrogen-bond donors (Lipinski definition) is 1. The smallest absolute Gasteiger partial charge is 0.334 e. The molecule has 3 aromatic rings. The minimum atomic E-state index is -0.914. The van der Waals surface area contributed by atoms with Gasteiger partial charge in [-0.2, -0.15) is 0 Å². The second kappa shape index (κ2) is 16.7. The van der Waals surface area contributed by atoms with Crippen LogP contribution in [0.15, 0.2) is 78.9 Å². The molecule has 1 N–H and O–H groups in total. The molecule has 0 fully saturated rings. The molecule has 0 aromatic heterocycles. The lowest BCUT2D eigenvalue weighted by atomic mass is 10.0. The van der Waals surface area contributed by atoms with Crippen LogP contribution in [-0.4, -0.2) is 22.8 Å². The number of rotatable bonds is 17. The van der Waals surface area contributed by atoms with Crippen molar-refractivity contribution < 1.29 is 24.0 Å². The molecule has 3 rings (SSSR count). The highest BCUT2D eigenvalue weighted by molar-refractivity contribution is 5.85. The number of ether oxygens (including phenoxy) is 2. The van der Waals surface area contributed by atoms with E-state index >= 15 is 0 Å². The molecule has 1 amide bonds. The lowest BCUT2D eigenvalue weighted by Crippen LogP contribution is -2.44. The van der Waals surface area contributed by atoms with Crippen molar-refractivity contribution >= 4 is 17.6 Å². The minimum absolute atomic E-state index is 0.103. The molecular weight excluding hydrogens is 508 g/mol. The van der Waals surface area contributed by atoms with Gasteiger partial charge in [0.15, 0.2) is 0 Å². The van der Waals surface area contributed by atoms with Crippen molar-refractivity contribution in [3.05, 3.63) is 100 Å². The van der Waals surface area contributed by atoms with E-state index in [4.69, 9.17) is 9.47 Å². The number of nitro benzene ring substituents is 1. The largest absolute Gasteiger partial charge is 0.489 e. The summed E-state index contributed by atoms with van der Waals surface area (Å²) in [4.78, 5) is 36.2. The fourth-order valence-corrected chi connectivity index (χ4v) is 4.22. The first-order valence-electron chi connectivity index (χ1n) is 14.0. The van der Waals surface area contributed by atoms with E-state index in [2.05, 4.69) is 12.2 Å². The van der Waals surface area contributed by atoms with Crippen LogP contribution in [0.5, 0.6) is 11.5 Å². The molecule has 40 heavy (non-hydrogen) atoms. The van der Waals surface area contributed by atoms with Crippen molar-refractivity contribution in [2.45, 2.75) is 77.4 Å². The summed E-state index contributed by atoms with van der Waals surface area (Å²) in [5, 5.41) is 13.8. The van der Waals surface area contributed by atoms with Gasteiger partial charge in [0, 0.05) is 25.0 Å². The zero-order valence-corrected chi connectivity index (χ0v) is 23.1. The monoisotopic (exact) mass is 546 g/mol. The first-order valence-corrected chi connectivity index (χ1v) is 14.0. The topological polar surface area (TPSA) is 108 Å². The third-order valence-electron chi connectivity index (χ3n) is 6.50. The molecule has 3 aromatic carbocycles. The fraction of sp³-hybridized carbons (Fsp3) is 0.375. The van der Waals surface area contributed by atoms with Crippen LogP contribution in [0.2, 0.25) is 0 Å². The second-order valence-corrected chi connectivity index (χ2v) is 9.79. The quantitative estimate of drug-likeness (QED) is 0.0645. The molecule has 8 nitrogen and oxygen atoms in total. The van der Waals surface area contributed by atoms with Gasteiger partial charge in [-0.1, -0.05) is 87.9 Å². The number of carbonyl (C=O) groups excluding carboxylic acids is 2. The highest BCUT2D eigenvalue weighted by atomic mass is 16.6. The summed E-state index contributed by atoms with van der Waals surface area (Å²) < 4.78 is 11.3. The predicted octanol–water partition coefficient (Wildman–Crippen LogP) is 6.95. The van der Waals surface area contributed by atoms with Gasteiger partial charge in [-0.15, -0.1) is 0 Å². The molecule has 0 aliphatic carbocycles. The lowest BCUT2D eigenvalue weighted by Gasteiger charge is -2.18.